The third-order valence-corrected chi connectivity index (χ3v) is 5.48. The summed E-state index contributed by atoms with van der Waals surface area (Å²) < 4.78 is 1.91. The molecule has 1 saturated heterocycles. The zero-order valence-corrected chi connectivity index (χ0v) is 13.0. The molecular formula is C16H23N5O. The van der Waals surface area contributed by atoms with Crippen LogP contribution in [-0.2, 0) is 0 Å². The van der Waals surface area contributed by atoms with Gasteiger partial charge in [0.2, 0.25) is 5.65 Å². The van der Waals surface area contributed by atoms with E-state index in [1.807, 2.05) is 17.5 Å². The monoisotopic (exact) mass is 301 g/mol. The lowest BCUT2D eigenvalue weighted by molar-refractivity contribution is -0.0410. The number of fused-ring (bicyclic) bond motifs is 1. The molecule has 2 fully saturated rings. The van der Waals surface area contributed by atoms with E-state index in [-0.39, 0.29) is 0 Å². The van der Waals surface area contributed by atoms with Crippen LogP contribution in [0.5, 0.6) is 0 Å². The second kappa shape index (κ2) is 5.19. The molecule has 118 valence electrons. The molecule has 0 bridgehead atoms. The van der Waals surface area contributed by atoms with Gasteiger partial charge < -0.3 is 10.0 Å². The molecule has 2 aromatic heterocycles. The number of hydrogen-bond donors (Lipinski definition) is 1. The van der Waals surface area contributed by atoms with Crippen molar-refractivity contribution in [3.63, 3.8) is 0 Å². The first-order chi connectivity index (χ1) is 10.7. The molecule has 0 amide bonds. The van der Waals surface area contributed by atoms with E-state index < -0.39 is 5.60 Å². The Hall–Kier alpha value is -1.69. The van der Waals surface area contributed by atoms with E-state index in [2.05, 4.69) is 20.1 Å². The van der Waals surface area contributed by atoms with Crippen molar-refractivity contribution in [3.8, 4) is 0 Å². The van der Waals surface area contributed by atoms with Crippen molar-refractivity contribution in [1.29, 1.82) is 0 Å². The van der Waals surface area contributed by atoms with Gasteiger partial charge >= 0.3 is 0 Å². The molecular weight excluding hydrogens is 278 g/mol. The predicted octanol–water partition coefficient (Wildman–Crippen LogP) is 2.03. The van der Waals surface area contributed by atoms with Crippen LogP contribution in [0, 0.1) is 5.92 Å². The fourth-order valence-electron chi connectivity index (χ4n) is 4.37. The van der Waals surface area contributed by atoms with Crippen LogP contribution in [0.15, 0.2) is 18.7 Å². The molecule has 1 aliphatic heterocycles. The highest BCUT2D eigenvalue weighted by Crippen LogP contribution is 2.42. The highest BCUT2D eigenvalue weighted by Gasteiger charge is 2.44. The lowest BCUT2D eigenvalue weighted by atomic mass is 9.72. The van der Waals surface area contributed by atoms with Crippen LogP contribution >= 0.6 is 0 Å². The van der Waals surface area contributed by atoms with Gasteiger partial charge in [-0.15, -0.1) is 10.2 Å². The maximum atomic E-state index is 10.9. The van der Waals surface area contributed by atoms with E-state index in [1.165, 1.54) is 6.42 Å². The van der Waals surface area contributed by atoms with Crippen LogP contribution in [0.3, 0.4) is 0 Å². The zero-order chi connectivity index (χ0) is 15.2. The number of aromatic nitrogens is 4. The number of anilines is 1. The van der Waals surface area contributed by atoms with Gasteiger partial charge in [0.15, 0.2) is 5.82 Å². The molecule has 1 saturated carbocycles. The molecule has 0 aromatic carbocycles. The van der Waals surface area contributed by atoms with Crippen molar-refractivity contribution in [2.75, 3.05) is 11.4 Å². The van der Waals surface area contributed by atoms with Gasteiger partial charge in [0, 0.05) is 30.9 Å². The Morgan fingerprint density at radius 2 is 2.18 bits per heavy atom. The average Bonchev–Trinajstić information content (AvgIpc) is 3.15. The van der Waals surface area contributed by atoms with Gasteiger partial charge in [0.05, 0.1) is 5.60 Å². The van der Waals surface area contributed by atoms with Gasteiger partial charge in [-0.1, -0.05) is 12.8 Å². The molecule has 3 heterocycles. The molecule has 6 heteroatoms. The van der Waals surface area contributed by atoms with Crippen LogP contribution in [-0.4, -0.2) is 42.9 Å². The van der Waals surface area contributed by atoms with Gasteiger partial charge in [0.25, 0.3) is 0 Å². The Morgan fingerprint density at radius 3 is 3.05 bits per heavy atom. The predicted molar refractivity (Wildman–Crippen MR) is 83.7 cm³/mol. The first kappa shape index (κ1) is 13.9. The highest BCUT2D eigenvalue weighted by atomic mass is 16.3. The molecule has 0 spiro atoms. The zero-order valence-electron chi connectivity index (χ0n) is 13.0. The van der Waals surface area contributed by atoms with Crippen LogP contribution in [0.25, 0.3) is 5.65 Å². The molecule has 1 N–H and O–H groups in total. The van der Waals surface area contributed by atoms with E-state index >= 15 is 0 Å². The molecule has 0 radical (unpaired) electrons. The quantitative estimate of drug-likeness (QED) is 0.919. The largest absolute Gasteiger partial charge is 0.390 e. The lowest BCUT2D eigenvalue weighted by Gasteiger charge is -2.43. The first-order valence-corrected chi connectivity index (χ1v) is 8.30. The third-order valence-electron chi connectivity index (χ3n) is 5.48. The smallest absolute Gasteiger partial charge is 0.203 e. The van der Waals surface area contributed by atoms with Crippen molar-refractivity contribution in [2.45, 2.75) is 57.1 Å². The van der Waals surface area contributed by atoms with Crippen LogP contribution in [0.2, 0.25) is 0 Å². The van der Waals surface area contributed by atoms with Gasteiger partial charge in [-0.2, -0.15) is 0 Å². The Balaban J connectivity index is 1.70. The summed E-state index contributed by atoms with van der Waals surface area (Å²) in [6.07, 6.45) is 12.0. The third kappa shape index (κ3) is 2.17. The standard InChI is InChI=1S/C16H23N5O/c1-16(22)7-3-2-5-12(16)13-6-4-9-21(13)14-15-19-18-11-20(15)10-8-17-14/h8,10-13,22H,2-7,9H2,1H3/t12-,13+,16-/m0/s1. The van der Waals surface area contributed by atoms with Crippen molar-refractivity contribution >= 4 is 11.5 Å². The number of nitrogens with zero attached hydrogens (tertiary/aromatic N) is 5. The Kier molecular flexibility index (Phi) is 3.29. The van der Waals surface area contributed by atoms with E-state index in [1.54, 1.807) is 12.5 Å². The minimum Gasteiger partial charge on any atom is -0.390 e. The fraction of sp³-hybridized carbons (Fsp3) is 0.688. The summed E-state index contributed by atoms with van der Waals surface area (Å²) in [6.45, 7) is 3.00. The topological polar surface area (TPSA) is 66.5 Å². The maximum absolute atomic E-state index is 10.9. The molecule has 6 nitrogen and oxygen atoms in total. The van der Waals surface area contributed by atoms with E-state index in [0.29, 0.717) is 12.0 Å². The highest BCUT2D eigenvalue weighted by molar-refractivity contribution is 5.64. The molecule has 22 heavy (non-hydrogen) atoms. The van der Waals surface area contributed by atoms with E-state index in [4.69, 9.17) is 0 Å². The van der Waals surface area contributed by atoms with Crippen LogP contribution < -0.4 is 4.90 Å². The van der Waals surface area contributed by atoms with Crippen molar-refractivity contribution in [2.24, 2.45) is 5.92 Å². The summed E-state index contributed by atoms with van der Waals surface area (Å²) >= 11 is 0. The normalized spacial score (nSPS) is 32.7. The summed E-state index contributed by atoms with van der Waals surface area (Å²) in [5, 5.41) is 19.1. The van der Waals surface area contributed by atoms with E-state index in [0.717, 1.165) is 50.1 Å². The number of rotatable bonds is 2. The second-order valence-electron chi connectivity index (χ2n) is 6.93. The second-order valence-corrected chi connectivity index (χ2v) is 6.93. The summed E-state index contributed by atoms with van der Waals surface area (Å²) in [6, 6.07) is 0.352. The van der Waals surface area contributed by atoms with Crippen molar-refractivity contribution in [3.05, 3.63) is 18.7 Å². The molecule has 4 rings (SSSR count). The number of hydrogen-bond acceptors (Lipinski definition) is 5. The maximum Gasteiger partial charge on any atom is 0.203 e. The first-order valence-electron chi connectivity index (χ1n) is 8.30. The fourth-order valence-corrected chi connectivity index (χ4v) is 4.37. The molecule has 3 atom stereocenters. The molecule has 1 aliphatic carbocycles. The molecule has 2 aromatic rings. The van der Waals surface area contributed by atoms with Gasteiger partial charge in [-0.3, -0.25) is 4.40 Å². The Bertz CT molecular complexity index is 667. The average molecular weight is 301 g/mol. The summed E-state index contributed by atoms with van der Waals surface area (Å²) in [5.74, 6) is 1.22. The minimum atomic E-state index is -0.565. The minimum absolute atomic E-state index is 0.314. The van der Waals surface area contributed by atoms with Gasteiger partial charge in [-0.25, -0.2) is 4.98 Å². The Labute approximate surface area is 130 Å². The van der Waals surface area contributed by atoms with Crippen molar-refractivity contribution < 1.29 is 5.11 Å². The SMILES string of the molecule is C[C@]1(O)CCCC[C@H]1[C@H]1CCCN1c1nccn2cnnc12. The summed E-state index contributed by atoms with van der Waals surface area (Å²) in [4.78, 5) is 6.93. The van der Waals surface area contributed by atoms with Crippen molar-refractivity contribution in [1.82, 2.24) is 19.6 Å². The van der Waals surface area contributed by atoms with Gasteiger partial charge in [-0.05, 0) is 32.6 Å². The molecule has 0 unspecified atom stereocenters. The van der Waals surface area contributed by atoms with Gasteiger partial charge in [0.1, 0.15) is 6.33 Å². The van der Waals surface area contributed by atoms with Crippen LogP contribution in [0.1, 0.15) is 45.4 Å². The van der Waals surface area contributed by atoms with E-state index in [9.17, 15) is 5.11 Å². The lowest BCUT2D eigenvalue weighted by Crippen LogP contribution is -2.49. The summed E-state index contributed by atoms with van der Waals surface area (Å²) in [7, 11) is 0. The summed E-state index contributed by atoms with van der Waals surface area (Å²) in [5.41, 5.74) is 0.245. The Morgan fingerprint density at radius 1 is 1.27 bits per heavy atom. The van der Waals surface area contributed by atoms with Crippen LogP contribution in [0.4, 0.5) is 5.82 Å². The number of aliphatic hydroxyl groups is 1. The molecule has 2 aliphatic rings.